The molecule has 0 aliphatic carbocycles. The number of anilines is 1. The molecule has 1 aliphatic heterocycles. The van der Waals surface area contributed by atoms with Gasteiger partial charge in [-0.2, -0.15) is 0 Å². The zero-order chi connectivity index (χ0) is 28.3. The maximum absolute atomic E-state index is 12.8. The Morgan fingerprint density at radius 1 is 1.08 bits per heavy atom. The van der Waals surface area contributed by atoms with Gasteiger partial charge in [-0.3, -0.25) is 14.5 Å². The summed E-state index contributed by atoms with van der Waals surface area (Å²) in [4.78, 5) is 34.7. The fraction of sp³-hybridized carbons (Fsp3) is 0.367. The number of aryl methyl sites for hydroxylation is 1. The van der Waals surface area contributed by atoms with Gasteiger partial charge in [0, 0.05) is 80.8 Å². The Morgan fingerprint density at radius 3 is 2.38 bits per heavy atom. The average Bonchev–Trinajstić information content (AvgIpc) is 2.91. The van der Waals surface area contributed by atoms with Crippen molar-refractivity contribution in [3.8, 4) is 28.1 Å². The quantitative estimate of drug-likeness (QED) is 0.385. The molecule has 0 unspecified atom stereocenters. The second kappa shape index (κ2) is 12.1. The summed E-state index contributed by atoms with van der Waals surface area (Å²) in [5.74, 6) is 0.00369. The third-order valence-electron chi connectivity index (χ3n) is 7.13. The Bertz CT molecular complexity index is 1420. The number of rotatable bonds is 8. The van der Waals surface area contributed by atoms with Crippen molar-refractivity contribution in [2.75, 3.05) is 32.1 Å². The topological polar surface area (TPSA) is 81.9 Å². The van der Waals surface area contributed by atoms with Crippen LogP contribution in [0.5, 0.6) is 5.75 Å². The van der Waals surface area contributed by atoms with Crippen molar-refractivity contribution in [2.24, 2.45) is 0 Å². The molecule has 0 atom stereocenters. The van der Waals surface area contributed by atoms with Crippen molar-refractivity contribution >= 4 is 23.7 Å². The van der Waals surface area contributed by atoms with Gasteiger partial charge in [0.25, 0.3) is 5.56 Å². The summed E-state index contributed by atoms with van der Waals surface area (Å²) >= 11 is 6.58. The molecule has 1 saturated heterocycles. The fourth-order valence-corrected chi connectivity index (χ4v) is 5.24. The third kappa shape index (κ3) is 6.34. The first-order valence-corrected chi connectivity index (χ1v) is 13.5. The van der Waals surface area contributed by atoms with E-state index in [4.69, 9.17) is 11.6 Å². The molecule has 0 radical (unpaired) electrons. The number of pyridine rings is 2. The highest BCUT2D eigenvalue weighted by Gasteiger charge is 2.24. The van der Waals surface area contributed by atoms with Gasteiger partial charge in [0.2, 0.25) is 6.41 Å². The van der Waals surface area contributed by atoms with Gasteiger partial charge in [-0.15, -0.1) is 0 Å². The molecular formula is C30H36ClN5O3. The van der Waals surface area contributed by atoms with Crippen LogP contribution >= 0.6 is 11.6 Å². The van der Waals surface area contributed by atoms with E-state index < -0.39 is 0 Å². The SMILES string of the molecule is Cc1cc(-c2ccc(N(C=O)/C=C\N(C)C)c(Cl)c2)c(O)c(-c2ccc(=O)n(C3CCN(C(C)C)CC3)c2)n1. The molecule has 4 rings (SSSR count). The smallest absolute Gasteiger partial charge is 0.250 e. The minimum Gasteiger partial charge on any atom is -0.505 e. The standard InChI is InChI=1S/C30H36ClN5O3/c1-20(2)34-12-10-24(11-13-34)36-18-23(7-9-28(36)38)29-30(39)25(16-21(3)32-29)22-6-8-27(26(31)17-22)35(19-37)15-14-33(4)5/h6-9,14-20,24,39H,10-13H2,1-5H3/b15-14-. The zero-order valence-corrected chi connectivity index (χ0v) is 23.9. The number of hydrogen-bond donors (Lipinski definition) is 1. The average molecular weight is 550 g/mol. The van der Waals surface area contributed by atoms with Gasteiger partial charge in [0.05, 0.1) is 10.7 Å². The first kappa shape index (κ1) is 28.4. The van der Waals surface area contributed by atoms with Gasteiger partial charge in [-0.1, -0.05) is 17.7 Å². The van der Waals surface area contributed by atoms with Crippen LogP contribution in [0.3, 0.4) is 0 Å². The normalized spacial score (nSPS) is 14.7. The number of aromatic hydroxyl groups is 1. The third-order valence-corrected chi connectivity index (χ3v) is 7.43. The molecule has 206 valence electrons. The lowest BCUT2D eigenvalue weighted by molar-refractivity contribution is -0.106. The van der Waals surface area contributed by atoms with Gasteiger partial charge < -0.3 is 19.5 Å². The number of hydrogen-bond acceptors (Lipinski definition) is 6. The van der Waals surface area contributed by atoms with E-state index in [1.807, 2.05) is 38.2 Å². The molecule has 2 aromatic heterocycles. The summed E-state index contributed by atoms with van der Waals surface area (Å²) in [6, 6.07) is 10.9. The number of carbonyl (C=O) groups is 1. The number of likely N-dealkylation sites (tertiary alicyclic amines) is 1. The minimum absolute atomic E-state index is 0.00369. The van der Waals surface area contributed by atoms with E-state index in [2.05, 4.69) is 23.7 Å². The number of halogens is 1. The molecule has 8 nitrogen and oxygen atoms in total. The predicted octanol–water partition coefficient (Wildman–Crippen LogP) is 5.29. The Morgan fingerprint density at radius 2 is 1.77 bits per heavy atom. The summed E-state index contributed by atoms with van der Waals surface area (Å²) in [7, 11) is 3.72. The maximum atomic E-state index is 12.8. The minimum atomic E-state index is -0.0560. The number of amides is 1. The first-order valence-electron chi connectivity index (χ1n) is 13.1. The molecule has 39 heavy (non-hydrogen) atoms. The molecule has 1 aliphatic rings. The van der Waals surface area contributed by atoms with Gasteiger partial charge in [0.15, 0.2) is 0 Å². The number of carbonyl (C=O) groups excluding carboxylic acids is 1. The van der Waals surface area contributed by atoms with Crippen molar-refractivity contribution < 1.29 is 9.90 Å². The van der Waals surface area contributed by atoms with Crippen molar-refractivity contribution in [2.45, 2.75) is 45.7 Å². The monoisotopic (exact) mass is 549 g/mol. The van der Waals surface area contributed by atoms with Crippen molar-refractivity contribution in [1.82, 2.24) is 19.4 Å². The zero-order valence-electron chi connectivity index (χ0n) is 23.1. The van der Waals surface area contributed by atoms with Crippen LogP contribution in [0.25, 0.3) is 22.4 Å². The van der Waals surface area contributed by atoms with E-state index in [1.54, 1.807) is 47.3 Å². The lowest BCUT2D eigenvalue weighted by Gasteiger charge is -2.35. The first-order chi connectivity index (χ1) is 18.6. The van der Waals surface area contributed by atoms with Crippen LogP contribution in [0.4, 0.5) is 5.69 Å². The van der Waals surface area contributed by atoms with E-state index in [9.17, 15) is 14.7 Å². The highest BCUT2D eigenvalue weighted by molar-refractivity contribution is 6.34. The molecule has 0 saturated carbocycles. The summed E-state index contributed by atoms with van der Waals surface area (Å²) in [6.07, 6.45) is 7.67. The van der Waals surface area contributed by atoms with E-state index in [0.717, 1.165) is 25.9 Å². The molecule has 1 aromatic carbocycles. The van der Waals surface area contributed by atoms with Gasteiger partial charge >= 0.3 is 0 Å². The van der Waals surface area contributed by atoms with Crippen LogP contribution in [-0.2, 0) is 4.79 Å². The highest BCUT2D eigenvalue weighted by Crippen LogP contribution is 2.40. The van der Waals surface area contributed by atoms with Crippen LogP contribution in [-0.4, -0.2) is 64.1 Å². The van der Waals surface area contributed by atoms with Gasteiger partial charge in [-0.25, -0.2) is 4.98 Å². The van der Waals surface area contributed by atoms with Crippen LogP contribution < -0.4 is 10.5 Å². The molecule has 9 heteroatoms. The Balaban J connectivity index is 1.69. The number of benzene rings is 1. The number of piperidine rings is 1. The summed E-state index contributed by atoms with van der Waals surface area (Å²) in [5.41, 5.74) is 3.51. The predicted molar refractivity (Wildman–Crippen MR) is 157 cm³/mol. The van der Waals surface area contributed by atoms with Crippen LogP contribution in [0.15, 0.2) is 59.8 Å². The summed E-state index contributed by atoms with van der Waals surface area (Å²) < 4.78 is 1.79. The second-order valence-electron chi connectivity index (χ2n) is 10.5. The number of aromatic nitrogens is 2. The van der Waals surface area contributed by atoms with Crippen molar-refractivity contribution in [1.29, 1.82) is 0 Å². The van der Waals surface area contributed by atoms with Crippen molar-refractivity contribution in [3.63, 3.8) is 0 Å². The fourth-order valence-electron chi connectivity index (χ4n) is 4.96. The Hall–Kier alpha value is -3.62. The van der Waals surface area contributed by atoms with Gasteiger partial charge in [0.1, 0.15) is 11.4 Å². The molecule has 1 amide bonds. The second-order valence-corrected chi connectivity index (χ2v) is 10.9. The molecule has 0 bridgehead atoms. The van der Waals surface area contributed by atoms with Crippen LogP contribution in [0.2, 0.25) is 5.02 Å². The molecule has 3 heterocycles. The van der Waals surface area contributed by atoms with Crippen molar-refractivity contribution in [3.05, 3.63) is 76.1 Å². The largest absolute Gasteiger partial charge is 0.505 e. The van der Waals surface area contributed by atoms with E-state index in [0.29, 0.717) is 51.2 Å². The molecule has 3 aromatic rings. The summed E-state index contributed by atoms with van der Waals surface area (Å²) in [6.45, 7) is 8.14. The maximum Gasteiger partial charge on any atom is 0.250 e. The van der Waals surface area contributed by atoms with Gasteiger partial charge in [-0.05, 0) is 63.4 Å². The molecule has 0 spiro atoms. The Kier molecular flexibility index (Phi) is 8.77. The Labute approximate surface area is 234 Å². The lowest BCUT2D eigenvalue weighted by atomic mass is 10.00. The van der Waals surface area contributed by atoms with Crippen LogP contribution in [0.1, 0.15) is 38.4 Å². The molecule has 1 N–H and O–H groups in total. The van der Waals surface area contributed by atoms with E-state index >= 15 is 0 Å². The van der Waals surface area contributed by atoms with E-state index in [1.165, 1.54) is 4.90 Å². The lowest BCUT2D eigenvalue weighted by Crippen LogP contribution is -2.40. The molecule has 1 fully saturated rings. The van der Waals surface area contributed by atoms with Crippen LogP contribution in [0, 0.1) is 6.92 Å². The molecular weight excluding hydrogens is 514 g/mol. The summed E-state index contributed by atoms with van der Waals surface area (Å²) in [5, 5.41) is 11.7. The number of nitrogens with zero attached hydrogens (tertiary/aromatic N) is 5. The van der Waals surface area contributed by atoms with E-state index in [-0.39, 0.29) is 17.4 Å². The highest BCUT2D eigenvalue weighted by atomic mass is 35.5.